The van der Waals surface area contributed by atoms with Crippen molar-refractivity contribution in [1.29, 1.82) is 0 Å². The number of nitrogens with zero attached hydrogens (tertiary/aromatic N) is 2. The highest BCUT2D eigenvalue weighted by molar-refractivity contribution is 5.85. The number of guanidine groups is 1. The monoisotopic (exact) mass is 360 g/mol. The number of aliphatic imine (C=N–C) groups is 1. The van der Waals surface area contributed by atoms with Crippen LogP contribution in [0.3, 0.4) is 0 Å². The lowest BCUT2D eigenvalue weighted by molar-refractivity contribution is -0.127. The van der Waals surface area contributed by atoms with E-state index in [1.807, 2.05) is 18.2 Å². The molecule has 2 rings (SSSR count). The summed E-state index contributed by atoms with van der Waals surface area (Å²) in [6.07, 6.45) is 3.47. The maximum absolute atomic E-state index is 11.9. The van der Waals surface area contributed by atoms with Gasteiger partial charge in [-0.25, -0.2) is 4.99 Å². The van der Waals surface area contributed by atoms with Gasteiger partial charge in [0.25, 0.3) is 0 Å². The van der Waals surface area contributed by atoms with Gasteiger partial charge in [0.1, 0.15) is 6.54 Å². The highest BCUT2D eigenvalue weighted by atomic mass is 16.5. The Morgan fingerprint density at radius 2 is 2.00 bits per heavy atom. The minimum absolute atomic E-state index is 0.0148. The summed E-state index contributed by atoms with van der Waals surface area (Å²) in [4.78, 5) is 18.0. The van der Waals surface area contributed by atoms with Crippen LogP contribution in [0.5, 0.6) is 0 Å². The average Bonchev–Trinajstić information content (AvgIpc) is 3.42. The molecule has 1 amide bonds. The van der Waals surface area contributed by atoms with Gasteiger partial charge in [0, 0.05) is 34.4 Å². The zero-order chi connectivity index (χ0) is 19.0. The molecule has 0 radical (unpaired) electrons. The van der Waals surface area contributed by atoms with Gasteiger partial charge in [-0.05, 0) is 37.2 Å². The van der Waals surface area contributed by atoms with Crippen molar-refractivity contribution in [2.45, 2.75) is 32.2 Å². The first-order valence-electron chi connectivity index (χ1n) is 9.25. The number of likely N-dealkylation sites (N-methyl/N-ethyl adjacent to an activating group) is 1. The normalized spacial score (nSPS) is 16.7. The summed E-state index contributed by atoms with van der Waals surface area (Å²) in [6, 6.07) is 10.3. The molecule has 0 spiro atoms. The Morgan fingerprint density at radius 3 is 2.58 bits per heavy atom. The summed E-state index contributed by atoms with van der Waals surface area (Å²) in [7, 11) is 5.23. The van der Waals surface area contributed by atoms with E-state index in [0.29, 0.717) is 11.4 Å². The highest BCUT2D eigenvalue weighted by Crippen LogP contribution is 2.48. The van der Waals surface area contributed by atoms with Crippen LogP contribution >= 0.6 is 0 Å². The minimum atomic E-state index is -0.0148. The van der Waals surface area contributed by atoms with Crippen LogP contribution in [0.25, 0.3) is 0 Å². The van der Waals surface area contributed by atoms with Gasteiger partial charge in [-0.1, -0.05) is 30.3 Å². The van der Waals surface area contributed by atoms with E-state index in [4.69, 9.17) is 4.74 Å². The minimum Gasteiger partial charge on any atom is -0.385 e. The molecule has 6 nitrogen and oxygen atoms in total. The van der Waals surface area contributed by atoms with E-state index in [1.165, 1.54) is 18.4 Å². The SMILES string of the molecule is COCCC1(CNC(=NCC(=O)N(C)C)NC(C)c2ccccc2)CC1. The Labute approximate surface area is 157 Å². The second-order valence-corrected chi connectivity index (χ2v) is 7.33. The molecular formula is C20H32N4O2. The van der Waals surface area contributed by atoms with Crippen LogP contribution in [0.1, 0.15) is 37.8 Å². The summed E-state index contributed by atoms with van der Waals surface area (Å²) in [5.41, 5.74) is 1.49. The third kappa shape index (κ3) is 6.33. The van der Waals surface area contributed by atoms with Gasteiger partial charge in [-0.3, -0.25) is 4.79 Å². The van der Waals surface area contributed by atoms with Gasteiger partial charge < -0.3 is 20.3 Å². The van der Waals surface area contributed by atoms with Gasteiger partial charge >= 0.3 is 0 Å². The van der Waals surface area contributed by atoms with Gasteiger partial charge in [0.05, 0.1) is 6.04 Å². The Morgan fingerprint density at radius 1 is 1.31 bits per heavy atom. The Balaban J connectivity index is 1.99. The molecular weight excluding hydrogens is 328 g/mol. The molecule has 1 aliphatic carbocycles. The molecule has 6 heteroatoms. The first-order valence-corrected chi connectivity index (χ1v) is 9.25. The fourth-order valence-electron chi connectivity index (χ4n) is 2.75. The summed E-state index contributed by atoms with van der Waals surface area (Å²) in [5, 5.41) is 6.86. The van der Waals surface area contributed by atoms with Gasteiger partial charge in [0.15, 0.2) is 5.96 Å². The zero-order valence-corrected chi connectivity index (χ0v) is 16.4. The number of carbonyl (C=O) groups is 1. The van der Waals surface area contributed by atoms with Crippen LogP contribution < -0.4 is 10.6 Å². The molecule has 0 saturated heterocycles. The highest BCUT2D eigenvalue weighted by Gasteiger charge is 2.41. The summed E-state index contributed by atoms with van der Waals surface area (Å²) in [5.74, 6) is 0.666. The second kappa shape index (κ2) is 9.57. The lowest BCUT2D eigenvalue weighted by Crippen LogP contribution is -2.42. The second-order valence-electron chi connectivity index (χ2n) is 7.33. The van der Waals surface area contributed by atoms with Crippen LogP contribution in [0.15, 0.2) is 35.3 Å². The van der Waals surface area contributed by atoms with Crippen LogP contribution in [0.4, 0.5) is 0 Å². The molecule has 0 bridgehead atoms. The van der Waals surface area contributed by atoms with Crippen LogP contribution in [-0.2, 0) is 9.53 Å². The number of ether oxygens (including phenoxy) is 1. The lowest BCUT2D eigenvalue weighted by atomic mass is 10.0. The van der Waals surface area contributed by atoms with Crippen molar-refractivity contribution < 1.29 is 9.53 Å². The van der Waals surface area contributed by atoms with Crippen LogP contribution in [0, 0.1) is 5.41 Å². The largest absolute Gasteiger partial charge is 0.385 e. The molecule has 0 heterocycles. The molecule has 1 atom stereocenters. The van der Waals surface area contributed by atoms with E-state index in [2.05, 4.69) is 34.7 Å². The number of nitrogens with one attached hydrogen (secondary N) is 2. The van der Waals surface area contributed by atoms with Crippen molar-refractivity contribution in [2.75, 3.05) is 40.9 Å². The van der Waals surface area contributed by atoms with Crippen LogP contribution in [0.2, 0.25) is 0 Å². The van der Waals surface area contributed by atoms with Crippen molar-refractivity contribution in [1.82, 2.24) is 15.5 Å². The first kappa shape index (κ1) is 20.2. The number of carbonyl (C=O) groups excluding carboxylic acids is 1. The van der Waals surface area contributed by atoms with E-state index >= 15 is 0 Å². The lowest BCUT2D eigenvalue weighted by Gasteiger charge is -2.22. The van der Waals surface area contributed by atoms with E-state index in [-0.39, 0.29) is 18.5 Å². The third-order valence-electron chi connectivity index (χ3n) is 4.95. The van der Waals surface area contributed by atoms with E-state index in [9.17, 15) is 4.79 Å². The standard InChI is InChI=1S/C20H32N4O2/c1-16(17-8-6-5-7-9-17)23-19(21-14-18(25)24(2)3)22-15-20(10-11-20)12-13-26-4/h5-9,16H,10-15H2,1-4H3,(H2,21,22,23). The molecule has 1 aliphatic rings. The smallest absolute Gasteiger partial charge is 0.243 e. The maximum Gasteiger partial charge on any atom is 0.243 e. The molecule has 1 unspecified atom stereocenters. The number of hydrogen-bond donors (Lipinski definition) is 2. The number of hydrogen-bond acceptors (Lipinski definition) is 3. The molecule has 144 valence electrons. The van der Waals surface area contributed by atoms with Crippen molar-refractivity contribution in [2.24, 2.45) is 10.4 Å². The molecule has 0 aliphatic heterocycles. The summed E-state index contributed by atoms with van der Waals surface area (Å²) < 4.78 is 5.23. The number of rotatable bonds is 9. The average molecular weight is 361 g/mol. The molecule has 0 aromatic heterocycles. The van der Waals surface area contributed by atoms with E-state index in [0.717, 1.165) is 19.6 Å². The molecule has 2 N–H and O–H groups in total. The Kier molecular flexibility index (Phi) is 7.45. The van der Waals surface area contributed by atoms with Crippen LogP contribution in [-0.4, -0.2) is 57.7 Å². The van der Waals surface area contributed by atoms with E-state index in [1.54, 1.807) is 26.1 Å². The summed E-state index contributed by atoms with van der Waals surface area (Å²) >= 11 is 0. The molecule has 1 aromatic carbocycles. The number of benzene rings is 1. The Bertz CT molecular complexity index is 597. The molecule has 1 aromatic rings. The maximum atomic E-state index is 11.9. The van der Waals surface area contributed by atoms with Crippen molar-refractivity contribution in [3.05, 3.63) is 35.9 Å². The molecule has 26 heavy (non-hydrogen) atoms. The van der Waals surface area contributed by atoms with Gasteiger partial charge in [-0.2, -0.15) is 0 Å². The fraction of sp³-hybridized carbons (Fsp3) is 0.600. The summed E-state index contributed by atoms with van der Waals surface area (Å²) in [6.45, 7) is 3.86. The van der Waals surface area contributed by atoms with Crippen molar-refractivity contribution >= 4 is 11.9 Å². The fourth-order valence-corrected chi connectivity index (χ4v) is 2.75. The van der Waals surface area contributed by atoms with Crippen molar-refractivity contribution in [3.8, 4) is 0 Å². The predicted octanol–water partition coefficient (Wildman–Crippen LogP) is 2.19. The van der Waals surface area contributed by atoms with E-state index < -0.39 is 0 Å². The van der Waals surface area contributed by atoms with Gasteiger partial charge in [-0.15, -0.1) is 0 Å². The van der Waals surface area contributed by atoms with Gasteiger partial charge in [0.2, 0.25) is 5.91 Å². The number of methoxy groups -OCH3 is 1. The number of amides is 1. The zero-order valence-electron chi connectivity index (χ0n) is 16.4. The quantitative estimate of drug-likeness (QED) is 0.523. The molecule has 1 fully saturated rings. The first-order chi connectivity index (χ1) is 12.5. The topological polar surface area (TPSA) is 66.0 Å². The third-order valence-corrected chi connectivity index (χ3v) is 4.95. The predicted molar refractivity (Wildman–Crippen MR) is 105 cm³/mol. The Hall–Kier alpha value is -2.08. The van der Waals surface area contributed by atoms with Crippen molar-refractivity contribution in [3.63, 3.8) is 0 Å². The molecule has 1 saturated carbocycles.